The molecule has 4 saturated carbocycles. The van der Waals surface area contributed by atoms with Crippen LogP contribution in [-0.4, -0.2) is 45.2 Å². The van der Waals surface area contributed by atoms with Crippen LogP contribution in [0, 0.1) is 17.8 Å². The number of para-hydroxylation sites is 1. The molecule has 4 aliphatic carbocycles. The molecule has 4 bridgehead atoms. The quantitative estimate of drug-likeness (QED) is 0.537. The Kier molecular flexibility index (Phi) is 6.60. The van der Waals surface area contributed by atoms with E-state index in [9.17, 15) is 9.59 Å². The second-order valence-corrected chi connectivity index (χ2v) is 12.5. The Morgan fingerprint density at radius 3 is 2.22 bits per heavy atom. The lowest BCUT2D eigenvalue weighted by atomic mass is 9.53. The lowest BCUT2D eigenvalue weighted by Crippen LogP contribution is -2.62. The molecule has 0 atom stereocenters. The summed E-state index contributed by atoms with van der Waals surface area (Å²) in [7, 11) is 0. The van der Waals surface area contributed by atoms with Crippen molar-refractivity contribution in [3.63, 3.8) is 0 Å². The first-order valence-corrected chi connectivity index (χ1v) is 13.7. The number of benzene rings is 1. The van der Waals surface area contributed by atoms with Crippen LogP contribution in [-0.2, 0) is 10.2 Å². The molecule has 6 rings (SSSR count). The van der Waals surface area contributed by atoms with E-state index in [1.165, 1.54) is 19.3 Å². The molecule has 0 spiro atoms. The van der Waals surface area contributed by atoms with E-state index in [4.69, 9.17) is 5.10 Å². The van der Waals surface area contributed by atoms with Gasteiger partial charge in [0, 0.05) is 23.6 Å². The maximum Gasteiger partial charge on any atom is 0.318 e. The Balaban J connectivity index is 1.29. The first kappa shape index (κ1) is 24.8. The minimum absolute atomic E-state index is 0.0247. The number of urea groups is 1. The normalized spacial score (nSPS) is 26.6. The molecular weight excluding hydrogens is 450 g/mol. The fraction of sp³-hybridized carbons (Fsp3) is 0.621. The molecule has 36 heavy (non-hydrogen) atoms. The molecule has 4 aliphatic rings. The average Bonchev–Trinajstić information content (AvgIpc) is 3.22. The largest absolute Gasteiger partial charge is 0.333 e. The Morgan fingerprint density at radius 1 is 1.06 bits per heavy atom. The number of amides is 3. The van der Waals surface area contributed by atoms with E-state index in [1.54, 1.807) is 9.58 Å². The molecule has 0 aliphatic heterocycles. The summed E-state index contributed by atoms with van der Waals surface area (Å²) in [5.41, 5.74) is 1.55. The number of carbonyl (C=O) groups excluding carboxylic acids is 2. The van der Waals surface area contributed by atoms with Crippen LogP contribution in [0.3, 0.4) is 0 Å². The van der Waals surface area contributed by atoms with Crippen LogP contribution >= 0.6 is 0 Å². The van der Waals surface area contributed by atoms with E-state index in [0.717, 1.165) is 54.8 Å². The summed E-state index contributed by atoms with van der Waals surface area (Å²) in [5.74, 6) is 2.69. The minimum Gasteiger partial charge on any atom is -0.333 e. The summed E-state index contributed by atoms with van der Waals surface area (Å²) in [6, 6.07) is 11.6. The van der Waals surface area contributed by atoms with Crippen molar-refractivity contribution in [1.29, 1.82) is 0 Å². The predicted octanol–water partition coefficient (Wildman–Crippen LogP) is 5.50. The zero-order chi connectivity index (χ0) is 25.5. The maximum atomic E-state index is 13.4. The molecule has 1 aromatic heterocycles. The molecule has 0 radical (unpaired) electrons. The molecule has 2 N–H and O–H groups in total. The molecular formula is C29H41N5O2. The van der Waals surface area contributed by atoms with E-state index < -0.39 is 0 Å². The van der Waals surface area contributed by atoms with Crippen molar-refractivity contribution in [1.82, 2.24) is 20.0 Å². The zero-order valence-electron chi connectivity index (χ0n) is 22.2. The highest BCUT2D eigenvalue weighted by Crippen LogP contribution is 2.55. The molecule has 3 amide bonds. The van der Waals surface area contributed by atoms with Crippen molar-refractivity contribution in [3.8, 4) is 5.69 Å². The third kappa shape index (κ3) is 5.16. The summed E-state index contributed by atoms with van der Waals surface area (Å²) < 4.78 is 1.78. The first-order valence-electron chi connectivity index (χ1n) is 13.7. The van der Waals surface area contributed by atoms with Gasteiger partial charge < -0.3 is 15.5 Å². The van der Waals surface area contributed by atoms with Crippen molar-refractivity contribution in [2.45, 2.75) is 83.6 Å². The second kappa shape index (κ2) is 9.56. The van der Waals surface area contributed by atoms with Gasteiger partial charge in [-0.05, 0) is 74.8 Å². The van der Waals surface area contributed by atoms with Gasteiger partial charge in [-0.3, -0.25) is 4.79 Å². The van der Waals surface area contributed by atoms with E-state index >= 15 is 0 Å². The summed E-state index contributed by atoms with van der Waals surface area (Å²) in [4.78, 5) is 28.4. The van der Waals surface area contributed by atoms with Crippen LogP contribution in [0.15, 0.2) is 36.4 Å². The summed E-state index contributed by atoms with van der Waals surface area (Å²) in [6.07, 6.45) is 8.11. The first-order chi connectivity index (χ1) is 17.1. The minimum atomic E-state index is -0.207. The van der Waals surface area contributed by atoms with Crippen LogP contribution in [0.2, 0.25) is 0 Å². The van der Waals surface area contributed by atoms with Gasteiger partial charge in [0.05, 0.1) is 11.4 Å². The Hall–Kier alpha value is -2.83. The van der Waals surface area contributed by atoms with Crippen LogP contribution in [0.25, 0.3) is 5.69 Å². The van der Waals surface area contributed by atoms with Crippen LogP contribution < -0.4 is 10.6 Å². The van der Waals surface area contributed by atoms with Crippen molar-refractivity contribution >= 4 is 17.8 Å². The van der Waals surface area contributed by atoms with Gasteiger partial charge in [-0.15, -0.1) is 0 Å². The molecule has 2 aromatic rings. The highest BCUT2D eigenvalue weighted by Gasteiger charge is 2.51. The SMILES string of the molecule is CCCN(CC(=O)Nc1cc(C(C)(C)C)nn1-c1ccccc1)C(=O)NC12CC3CC(CC(C3)C1)C2. The highest BCUT2D eigenvalue weighted by molar-refractivity contribution is 5.94. The van der Waals surface area contributed by atoms with E-state index in [2.05, 4.69) is 31.4 Å². The van der Waals surface area contributed by atoms with Gasteiger partial charge in [-0.2, -0.15) is 5.10 Å². The van der Waals surface area contributed by atoms with Crippen molar-refractivity contribution < 1.29 is 9.59 Å². The third-order valence-corrected chi connectivity index (χ3v) is 8.27. The molecule has 194 valence electrons. The van der Waals surface area contributed by atoms with Gasteiger partial charge in [0.25, 0.3) is 0 Å². The predicted molar refractivity (Wildman–Crippen MR) is 142 cm³/mol. The zero-order valence-corrected chi connectivity index (χ0v) is 22.2. The number of rotatable bonds is 7. The summed E-state index contributed by atoms with van der Waals surface area (Å²) >= 11 is 0. The third-order valence-electron chi connectivity index (χ3n) is 8.27. The Bertz CT molecular complexity index is 1070. The molecule has 7 heteroatoms. The lowest BCUT2D eigenvalue weighted by molar-refractivity contribution is -0.116. The van der Waals surface area contributed by atoms with Gasteiger partial charge in [-0.1, -0.05) is 45.9 Å². The average molecular weight is 492 g/mol. The maximum absolute atomic E-state index is 13.4. The number of aromatic nitrogens is 2. The number of hydrogen-bond acceptors (Lipinski definition) is 3. The number of anilines is 1. The molecule has 1 heterocycles. The van der Waals surface area contributed by atoms with Crippen molar-refractivity contribution in [3.05, 3.63) is 42.1 Å². The fourth-order valence-electron chi connectivity index (χ4n) is 7.05. The monoisotopic (exact) mass is 491 g/mol. The van der Waals surface area contributed by atoms with Crippen LogP contribution in [0.5, 0.6) is 0 Å². The second-order valence-electron chi connectivity index (χ2n) is 12.5. The van der Waals surface area contributed by atoms with Crippen molar-refractivity contribution in [2.24, 2.45) is 17.8 Å². The van der Waals surface area contributed by atoms with E-state index in [0.29, 0.717) is 12.4 Å². The summed E-state index contributed by atoms with van der Waals surface area (Å²) in [6.45, 7) is 8.94. The number of nitrogens with one attached hydrogen (secondary N) is 2. The van der Waals surface area contributed by atoms with Gasteiger partial charge in [-0.25, -0.2) is 9.48 Å². The van der Waals surface area contributed by atoms with E-state index in [-0.39, 0.29) is 29.4 Å². The van der Waals surface area contributed by atoms with Gasteiger partial charge >= 0.3 is 6.03 Å². The Labute approximate surface area is 215 Å². The van der Waals surface area contributed by atoms with Gasteiger partial charge in [0.1, 0.15) is 12.4 Å². The Morgan fingerprint density at radius 2 is 1.67 bits per heavy atom. The van der Waals surface area contributed by atoms with Crippen LogP contribution in [0.1, 0.15) is 78.3 Å². The number of nitrogens with zero attached hydrogens (tertiary/aromatic N) is 3. The smallest absolute Gasteiger partial charge is 0.318 e. The lowest BCUT2D eigenvalue weighted by Gasteiger charge is -2.57. The standard InChI is InChI=1S/C29H41N5O2/c1-5-11-33(27(36)31-29-16-20-12-21(17-29)14-22(13-20)18-29)19-26(35)30-25-15-24(28(2,3)4)32-34(25)23-9-7-6-8-10-23/h6-10,15,20-22H,5,11-14,16-19H2,1-4H3,(H,30,35)(H,31,36). The number of hydrogen-bond donors (Lipinski definition) is 2. The van der Waals surface area contributed by atoms with Gasteiger partial charge in [0.2, 0.25) is 5.91 Å². The van der Waals surface area contributed by atoms with Gasteiger partial charge in [0.15, 0.2) is 0 Å². The molecule has 4 fully saturated rings. The molecule has 0 unspecified atom stereocenters. The van der Waals surface area contributed by atoms with Crippen LogP contribution in [0.4, 0.5) is 10.6 Å². The topological polar surface area (TPSA) is 79.3 Å². The van der Waals surface area contributed by atoms with E-state index in [1.807, 2.05) is 43.3 Å². The summed E-state index contributed by atoms with van der Waals surface area (Å²) in [5, 5.41) is 11.3. The fourth-order valence-corrected chi connectivity index (χ4v) is 7.05. The molecule has 1 aromatic carbocycles. The number of carbonyl (C=O) groups is 2. The highest BCUT2D eigenvalue weighted by atomic mass is 16.2. The molecule has 0 saturated heterocycles. The van der Waals surface area contributed by atoms with Crippen molar-refractivity contribution in [2.75, 3.05) is 18.4 Å². The molecule has 7 nitrogen and oxygen atoms in total.